The molecule has 0 saturated carbocycles. The number of rotatable bonds is 8. The Kier molecular flexibility index (Phi) is 6.95. The fraction of sp³-hybridized carbons (Fsp3) is 0.588. The molecular formula is C17H26N2O5S. The number of carboxylic acids is 1. The summed E-state index contributed by atoms with van der Waals surface area (Å²) in [5.74, 6) is -1.17. The van der Waals surface area contributed by atoms with Gasteiger partial charge in [-0.1, -0.05) is 31.2 Å². The average molecular weight is 370 g/mol. The van der Waals surface area contributed by atoms with Crippen molar-refractivity contribution in [2.24, 2.45) is 0 Å². The van der Waals surface area contributed by atoms with E-state index in [4.69, 9.17) is 9.84 Å². The Hall–Kier alpha value is -1.48. The van der Waals surface area contributed by atoms with E-state index in [1.54, 1.807) is 0 Å². The van der Waals surface area contributed by atoms with Crippen molar-refractivity contribution in [3.63, 3.8) is 0 Å². The van der Waals surface area contributed by atoms with E-state index < -0.39 is 22.5 Å². The molecule has 0 bridgehead atoms. The van der Waals surface area contributed by atoms with Crippen LogP contribution < -0.4 is 0 Å². The SMILES string of the molecule is CCc1cccc(CN2CCOC(CN(CC(=O)O)S(C)(=O)=O)C2)c1. The van der Waals surface area contributed by atoms with Gasteiger partial charge >= 0.3 is 5.97 Å². The molecule has 0 radical (unpaired) electrons. The largest absolute Gasteiger partial charge is 0.480 e. The van der Waals surface area contributed by atoms with E-state index >= 15 is 0 Å². The quantitative estimate of drug-likeness (QED) is 0.728. The molecular weight excluding hydrogens is 344 g/mol. The highest BCUT2D eigenvalue weighted by Crippen LogP contribution is 2.14. The Bertz CT molecular complexity index is 692. The van der Waals surface area contributed by atoms with E-state index in [1.807, 2.05) is 6.07 Å². The zero-order valence-electron chi connectivity index (χ0n) is 14.7. The Morgan fingerprint density at radius 1 is 1.40 bits per heavy atom. The van der Waals surface area contributed by atoms with Crippen LogP contribution in [0.25, 0.3) is 0 Å². The molecule has 1 saturated heterocycles. The fourth-order valence-corrected chi connectivity index (χ4v) is 3.72. The van der Waals surface area contributed by atoms with Gasteiger partial charge in [-0.2, -0.15) is 4.31 Å². The van der Waals surface area contributed by atoms with Crippen LogP contribution in [0.4, 0.5) is 0 Å². The molecule has 0 spiro atoms. The Morgan fingerprint density at radius 3 is 2.76 bits per heavy atom. The third-order valence-corrected chi connectivity index (χ3v) is 5.43. The molecule has 140 valence electrons. The number of benzene rings is 1. The third-order valence-electron chi connectivity index (χ3n) is 4.22. The fourth-order valence-electron chi connectivity index (χ4n) is 2.94. The maximum atomic E-state index is 11.8. The van der Waals surface area contributed by atoms with Crippen molar-refractivity contribution >= 4 is 16.0 Å². The number of ether oxygens (including phenoxy) is 1. The van der Waals surface area contributed by atoms with Gasteiger partial charge in [0, 0.05) is 26.2 Å². The summed E-state index contributed by atoms with van der Waals surface area (Å²) in [5, 5.41) is 8.92. The van der Waals surface area contributed by atoms with Crippen molar-refractivity contribution in [1.82, 2.24) is 9.21 Å². The van der Waals surface area contributed by atoms with Gasteiger partial charge in [0.2, 0.25) is 10.0 Å². The topological polar surface area (TPSA) is 87.2 Å². The highest BCUT2D eigenvalue weighted by molar-refractivity contribution is 7.88. The minimum Gasteiger partial charge on any atom is -0.480 e. The lowest BCUT2D eigenvalue weighted by Gasteiger charge is -2.34. The predicted molar refractivity (Wildman–Crippen MR) is 94.9 cm³/mol. The zero-order valence-corrected chi connectivity index (χ0v) is 15.5. The van der Waals surface area contributed by atoms with Crippen molar-refractivity contribution in [2.45, 2.75) is 26.0 Å². The van der Waals surface area contributed by atoms with Gasteiger partial charge in [0.05, 0.1) is 19.0 Å². The smallest absolute Gasteiger partial charge is 0.318 e. The van der Waals surface area contributed by atoms with Gasteiger partial charge in [-0.25, -0.2) is 8.42 Å². The molecule has 1 heterocycles. The molecule has 1 fully saturated rings. The normalized spacial score (nSPS) is 19.2. The first kappa shape index (κ1) is 19.8. The van der Waals surface area contributed by atoms with Gasteiger partial charge in [0.15, 0.2) is 0 Å². The van der Waals surface area contributed by atoms with Gasteiger partial charge in [-0.15, -0.1) is 0 Å². The minimum atomic E-state index is -3.59. The highest BCUT2D eigenvalue weighted by atomic mass is 32.2. The van der Waals surface area contributed by atoms with E-state index in [1.165, 1.54) is 11.1 Å². The van der Waals surface area contributed by atoms with Crippen LogP contribution in [0.1, 0.15) is 18.1 Å². The Labute approximate surface area is 149 Å². The van der Waals surface area contributed by atoms with E-state index in [0.29, 0.717) is 13.2 Å². The standard InChI is InChI=1S/C17H26N2O5S/c1-3-14-5-4-6-15(9-14)10-18-7-8-24-16(11-18)12-19(13-17(20)21)25(2,22)23/h4-6,9,16H,3,7-8,10-13H2,1-2H3,(H,20,21). The third kappa shape index (κ3) is 6.39. The number of morpholine rings is 1. The van der Waals surface area contributed by atoms with Gasteiger partial charge in [-0.3, -0.25) is 9.69 Å². The second-order valence-corrected chi connectivity index (χ2v) is 8.33. The summed E-state index contributed by atoms with van der Waals surface area (Å²) in [6.07, 6.45) is 1.67. The maximum Gasteiger partial charge on any atom is 0.318 e. The van der Waals surface area contributed by atoms with Gasteiger partial charge in [-0.05, 0) is 17.5 Å². The van der Waals surface area contributed by atoms with Crippen molar-refractivity contribution in [1.29, 1.82) is 0 Å². The molecule has 1 aromatic carbocycles. The summed E-state index contributed by atoms with van der Waals surface area (Å²) in [6, 6.07) is 8.40. The number of sulfonamides is 1. The van der Waals surface area contributed by atoms with E-state index in [0.717, 1.165) is 30.1 Å². The molecule has 7 nitrogen and oxygen atoms in total. The molecule has 1 aliphatic rings. The monoisotopic (exact) mass is 370 g/mol. The van der Waals surface area contributed by atoms with Crippen LogP contribution in [0, 0.1) is 0 Å². The lowest BCUT2D eigenvalue weighted by molar-refractivity contribution is -0.137. The second kappa shape index (κ2) is 8.75. The van der Waals surface area contributed by atoms with Crippen molar-refractivity contribution in [3.05, 3.63) is 35.4 Å². The number of aryl methyl sites for hydroxylation is 1. The van der Waals surface area contributed by atoms with Crippen LogP contribution in [0.5, 0.6) is 0 Å². The Morgan fingerprint density at radius 2 is 2.12 bits per heavy atom. The summed E-state index contributed by atoms with van der Waals surface area (Å²) in [4.78, 5) is 13.1. The summed E-state index contributed by atoms with van der Waals surface area (Å²) in [6.45, 7) is 4.24. The van der Waals surface area contributed by atoms with E-state index in [2.05, 4.69) is 30.0 Å². The first-order valence-electron chi connectivity index (χ1n) is 8.36. The summed E-state index contributed by atoms with van der Waals surface area (Å²) < 4.78 is 30.2. The first-order valence-corrected chi connectivity index (χ1v) is 10.2. The molecule has 1 N–H and O–H groups in total. The van der Waals surface area contributed by atoms with Crippen LogP contribution in [0.3, 0.4) is 0 Å². The summed E-state index contributed by atoms with van der Waals surface area (Å²) in [7, 11) is -3.59. The molecule has 1 atom stereocenters. The van der Waals surface area contributed by atoms with Gasteiger partial charge < -0.3 is 9.84 Å². The van der Waals surface area contributed by atoms with E-state index in [9.17, 15) is 13.2 Å². The first-order chi connectivity index (χ1) is 11.8. The highest BCUT2D eigenvalue weighted by Gasteiger charge is 2.28. The van der Waals surface area contributed by atoms with E-state index in [-0.39, 0.29) is 12.6 Å². The van der Waals surface area contributed by atoms with Crippen LogP contribution in [0.15, 0.2) is 24.3 Å². The molecule has 25 heavy (non-hydrogen) atoms. The lowest BCUT2D eigenvalue weighted by Crippen LogP contribution is -2.49. The number of nitrogens with zero attached hydrogens (tertiary/aromatic N) is 2. The summed E-state index contributed by atoms with van der Waals surface area (Å²) in [5.41, 5.74) is 2.50. The molecule has 0 aromatic heterocycles. The molecule has 8 heteroatoms. The number of aliphatic carboxylic acids is 1. The number of hydrogen-bond donors (Lipinski definition) is 1. The lowest BCUT2D eigenvalue weighted by atomic mass is 10.1. The number of carboxylic acid groups (broad SMARTS) is 1. The minimum absolute atomic E-state index is 0.0522. The number of hydrogen-bond acceptors (Lipinski definition) is 5. The number of carbonyl (C=O) groups is 1. The molecule has 0 amide bonds. The van der Waals surface area contributed by atoms with Gasteiger partial charge in [0.25, 0.3) is 0 Å². The average Bonchev–Trinajstić information content (AvgIpc) is 2.53. The molecule has 1 aliphatic heterocycles. The summed E-state index contributed by atoms with van der Waals surface area (Å²) >= 11 is 0. The molecule has 1 unspecified atom stereocenters. The predicted octanol–water partition coefficient (Wildman–Crippen LogP) is 0.796. The van der Waals surface area contributed by atoms with Crippen molar-refractivity contribution < 1.29 is 23.1 Å². The molecule has 1 aromatic rings. The Balaban J connectivity index is 1.98. The van der Waals surface area contributed by atoms with Crippen LogP contribution in [-0.4, -0.2) is 73.8 Å². The molecule has 2 rings (SSSR count). The van der Waals surface area contributed by atoms with Crippen molar-refractivity contribution in [2.75, 3.05) is 39.0 Å². The van der Waals surface area contributed by atoms with Crippen LogP contribution >= 0.6 is 0 Å². The zero-order chi connectivity index (χ0) is 18.4. The van der Waals surface area contributed by atoms with Crippen LogP contribution in [-0.2, 0) is 32.5 Å². The maximum absolute atomic E-state index is 11.8. The van der Waals surface area contributed by atoms with Gasteiger partial charge in [0.1, 0.15) is 6.54 Å². The molecule has 0 aliphatic carbocycles. The van der Waals surface area contributed by atoms with Crippen molar-refractivity contribution in [3.8, 4) is 0 Å². The van der Waals surface area contributed by atoms with Crippen LogP contribution in [0.2, 0.25) is 0 Å². The second-order valence-electron chi connectivity index (χ2n) is 6.35.